The zero-order valence-electron chi connectivity index (χ0n) is 29.5. The van der Waals surface area contributed by atoms with Gasteiger partial charge in [0.15, 0.2) is 0 Å². The molecule has 0 radical (unpaired) electrons. The number of nitrogens with zero attached hydrogens (tertiary/aromatic N) is 6. The van der Waals surface area contributed by atoms with Crippen molar-refractivity contribution in [1.29, 1.82) is 0 Å². The summed E-state index contributed by atoms with van der Waals surface area (Å²) in [6, 6.07) is 6.93. The van der Waals surface area contributed by atoms with Crippen molar-refractivity contribution in [2.24, 2.45) is 11.7 Å². The van der Waals surface area contributed by atoms with Gasteiger partial charge >= 0.3 is 6.18 Å². The summed E-state index contributed by atoms with van der Waals surface area (Å²) in [7, 11) is 2.20. The lowest BCUT2D eigenvalue weighted by Gasteiger charge is -2.43. The summed E-state index contributed by atoms with van der Waals surface area (Å²) in [6.07, 6.45) is 2.69. The fourth-order valence-corrected chi connectivity index (χ4v) is 7.29. The number of piperazine rings is 1. The zero-order chi connectivity index (χ0) is 35.0. The number of rotatable bonds is 10. The Balaban J connectivity index is 1.20. The molecule has 2 aromatic rings. The number of hydrogen-bond acceptors (Lipinski definition) is 9. The van der Waals surface area contributed by atoms with Crippen LogP contribution in [0.1, 0.15) is 63.5 Å². The average molecular weight is 682 g/mol. The number of benzene rings is 1. The van der Waals surface area contributed by atoms with Crippen molar-refractivity contribution in [3.8, 4) is 11.8 Å². The fraction of sp³-hybridized carbons (Fsp3) is 0.622. The molecule has 4 N–H and O–H groups in total. The number of allylic oxidation sites excluding steroid dienone is 1. The highest BCUT2D eigenvalue weighted by Gasteiger charge is 2.35. The predicted molar refractivity (Wildman–Crippen MR) is 193 cm³/mol. The van der Waals surface area contributed by atoms with E-state index in [4.69, 9.17) is 5.73 Å². The molecule has 4 heterocycles. The SMILES string of the molecule is C=C1CC(C#CC)CCC(N)CN1CCCNc1nc(Nc2ccc(N3CCN(C4CCN(C)CC4)CC3)cc2CC)ncc1C(F)(F)F. The van der Waals surface area contributed by atoms with Crippen LogP contribution in [0.25, 0.3) is 0 Å². The molecular formula is C37H54F3N9. The summed E-state index contributed by atoms with van der Waals surface area (Å²) < 4.78 is 41.9. The zero-order valence-corrected chi connectivity index (χ0v) is 29.5. The monoisotopic (exact) mass is 681 g/mol. The molecule has 2 unspecified atom stereocenters. The molecule has 1 aromatic carbocycles. The molecule has 3 aliphatic heterocycles. The Morgan fingerprint density at radius 1 is 1.06 bits per heavy atom. The highest BCUT2D eigenvalue weighted by Crippen LogP contribution is 2.35. The first-order valence-electron chi connectivity index (χ1n) is 17.9. The first kappa shape index (κ1) is 36.7. The Kier molecular flexibility index (Phi) is 12.7. The van der Waals surface area contributed by atoms with Gasteiger partial charge in [0.05, 0.1) is 0 Å². The van der Waals surface area contributed by atoms with Gasteiger partial charge in [-0.2, -0.15) is 18.2 Å². The number of nitrogens with two attached hydrogens (primary N) is 1. The number of hydrogen-bond donors (Lipinski definition) is 3. The van der Waals surface area contributed by atoms with Gasteiger partial charge in [0.2, 0.25) is 5.95 Å². The minimum atomic E-state index is -4.59. The van der Waals surface area contributed by atoms with Crippen LogP contribution in [0.2, 0.25) is 0 Å². The molecular weight excluding hydrogens is 627 g/mol. The third-order valence-corrected chi connectivity index (χ3v) is 10.2. The standard InChI is InChI=1S/C37H54F3N9/c1-5-8-28-9-10-30(41)26-49(27(3)23-28)16-7-15-42-35-33(37(38,39)40)25-43-36(45-35)44-34-12-11-32(24-29(34)6-2)48-21-19-47(20-22-48)31-13-17-46(4)18-14-31/h11-12,24-25,28,30-31H,3,6-7,9-10,13-23,26,41H2,1-2,4H3,(H2,42,43,44,45). The highest BCUT2D eigenvalue weighted by atomic mass is 19.4. The Labute approximate surface area is 290 Å². The Hall–Kier alpha value is -3.53. The highest BCUT2D eigenvalue weighted by molar-refractivity contribution is 5.65. The third kappa shape index (κ3) is 10.0. The number of halogens is 3. The molecule has 3 fully saturated rings. The summed E-state index contributed by atoms with van der Waals surface area (Å²) >= 11 is 0. The number of aryl methyl sites for hydroxylation is 1. The fourth-order valence-electron chi connectivity index (χ4n) is 7.29. The van der Waals surface area contributed by atoms with E-state index in [9.17, 15) is 13.2 Å². The maximum absolute atomic E-state index is 14.0. The number of anilines is 4. The van der Waals surface area contributed by atoms with Crippen molar-refractivity contribution < 1.29 is 13.2 Å². The van der Waals surface area contributed by atoms with Crippen LogP contribution in [-0.4, -0.2) is 103 Å². The topological polar surface area (TPSA) is 88.8 Å². The number of aromatic nitrogens is 2. The number of nitrogens with one attached hydrogen (secondary N) is 2. The van der Waals surface area contributed by atoms with Crippen molar-refractivity contribution in [2.75, 3.05) is 81.5 Å². The molecule has 1 aromatic heterocycles. The molecule has 5 rings (SSSR count). The van der Waals surface area contributed by atoms with Crippen LogP contribution in [0.4, 0.5) is 36.3 Å². The minimum absolute atomic E-state index is 0.000224. The molecule has 268 valence electrons. The second kappa shape index (κ2) is 16.9. The van der Waals surface area contributed by atoms with Gasteiger partial charge in [-0.15, -0.1) is 5.92 Å². The maximum atomic E-state index is 14.0. The van der Waals surface area contributed by atoms with E-state index in [1.807, 2.05) is 13.0 Å². The van der Waals surface area contributed by atoms with Crippen LogP contribution in [-0.2, 0) is 12.6 Å². The molecule has 9 nitrogen and oxygen atoms in total. The normalized spacial score (nSPS) is 21.9. The third-order valence-electron chi connectivity index (χ3n) is 10.2. The molecule has 0 bridgehead atoms. The molecule has 3 aliphatic rings. The number of alkyl halides is 3. The molecule has 12 heteroatoms. The minimum Gasteiger partial charge on any atom is -0.374 e. The Morgan fingerprint density at radius 2 is 1.82 bits per heavy atom. The van der Waals surface area contributed by atoms with E-state index >= 15 is 0 Å². The lowest BCUT2D eigenvalue weighted by molar-refractivity contribution is -0.137. The van der Waals surface area contributed by atoms with Crippen LogP contribution in [0, 0.1) is 17.8 Å². The summed E-state index contributed by atoms with van der Waals surface area (Å²) in [5.74, 6) is 6.37. The first-order chi connectivity index (χ1) is 23.5. The predicted octanol–water partition coefficient (Wildman–Crippen LogP) is 5.79. The summed E-state index contributed by atoms with van der Waals surface area (Å²) in [5, 5.41) is 6.15. The van der Waals surface area contributed by atoms with Gasteiger partial charge in [0.1, 0.15) is 11.4 Å². The van der Waals surface area contributed by atoms with Crippen LogP contribution in [0.3, 0.4) is 0 Å². The van der Waals surface area contributed by atoms with Crippen LogP contribution < -0.4 is 21.3 Å². The van der Waals surface area contributed by atoms with E-state index in [1.54, 1.807) is 0 Å². The van der Waals surface area contributed by atoms with Gasteiger partial charge in [-0.1, -0.05) is 19.4 Å². The van der Waals surface area contributed by atoms with Gasteiger partial charge in [0, 0.05) is 93.5 Å². The largest absolute Gasteiger partial charge is 0.421 e. The van der Waals surface area contributed by atoms with Gasteiger partial charge in [0.25, 0.3) is 0 Å². The molecule has 0 spiro atoms. The smallest absolute Gasteiger partial charge is 0.374 e. The van der Waals surface area contributed by atoms with Crippen molar-refractivity contribution in [1.82, 2.24) is 24.7 Å². The van der Waals surface area contributed by atoms with Gasteiger partial charge < -0.3 is 31.1 Å². The van der Waals surface area contributed by atoms with E-state index in [-0.39, 0.29) is 23.7 Å². The lowest BCUT2D eigenvalue weighted by atomic mass is 9.93. The summed E-state index contributed by atoms with van der Waals surface area (Å²) in [5.41, 5.74) is 9.46. The number of piperidine rings is 1. The van der Waals surface area contributed by atoms with Crippen LogP contribution in [0.5, 0.6) is 0 Å². The lowest BCUT2D eigenvalue weighted by Crippen LogP contribution is -2.53. The first-order valence-corrected chi connectivity index (χ1v) is 17.9. The molecule has 0 amide bonds. The number of likely N-dealkylation sites (tertiary alicyclic amines) is 2. The maximum Gasteiger partial charge on any atom is 0.421 e. The van der Waals surface area contributed by atoms with E-state index in [2.05, 4.69) is 84.7 Å². The van der Waals surface area contributed by atoms with Crippen molar-refractivity contribution >= 4 is 23.1 Å². The second-order valence-electron chi connectivity index (χ2n) is 13.8. The Bertz CT molecular complexity index is 1450. The molecule has 2 atom stereocenters. The quantitative estimate of drug-likeness (QED) is 0.213. The van der Waals surface area contributed by atoms with E-state index in [0.717, 1.165) is 75.0 Å². The van der Waals surface area contributed by atoms with Gasteiger partial charge in [-0.25, -0.2) is 4.98 Å². The van der Waals surface area contributed by atoms with Crippen molar-refractivity contribution in [2.45, 2.75) is 77.1 Å². The van der Waals surface area contributed by atoms with E-state index in [0.29, 0.717) is 32.1 Å². The van der Waals surface area contributed by atoms with Crippen molar-refractivity contribution in [3.05, 3.63) is 47.8 Å². The van der Waals surface area contributed by atoms with E-state index < -0.39 is 11.7 Å². The second-order valence-corrected chi connectivity index (χ2v) is 13.8. The molecule has 3 saturated heterocycles. The van der Waals surface area contributed by atoms with Crippen LogP contribution in [0.15, 0.2) is 36.7 Å². The average Bonchev–Trinajstić information content (AvgIpc) is 3.08. The molecule has 49 heavy (non-hydrogen) atoms. The van der Waals surface area contributed by atoms with Gasteiger partial charge in [-0.05, 0) is 89.3 Å². The molecule has 0 saturated carbocycles. The van der Waals surface area contributed by atoms with E-state index in [1.165, 1.54) is 31.6 Å². The van der Waals surface area contributed by atoms with Crippen molar-refractivity contribution in [3.63, 3.8) is 0 Å². The summed E-state index contributed by atoms with van der Waals surface area (Å²) in [4.78, 5) is 18.0. The summed E-state index contributed by atoms with van der Waals surface area (Å²) in [6.45, 7) is 16.2. The van der Waals surface area contributed by atoms with Crippen LogP contribution >= 0.6 is 0 Å². The van der Waals surface area contributed by atoms with Gasteiger partial charge in [-0.3, -0.25) is 4.90 Å². The Morgan fingerprint density at radius 3 is 2.51 bits per heavy atom. The molecule has 0 aliphatic carbocycles.